The molecule has 4 heteroatoms. The van der Waals surface area contributed by atoms with Crippen LogP contribution in [0.3, 0.4) is 0 Å². The van der Waals surface area contributed by atoms with Crippen LogP contribution in [-0.4, -0.2) is 5.91 Å². The molecular formula is C19H16ClNO2. The van der Waals surface area contributed by atoms with Crippen LogP contribution in [0, 0.1) is 0 Å². The summed E-state index contributed by atoms with van der Waals surface area (Å²) in [5, 5.41) is 3.34. The van der Waals surface area contributed by atoms with Gasteiger partial charge >= 0.3 is 0 Å². The maximum atomic E-state index is 12.0. The largest absolute Gasteiger partial charge is 0.461 e. The van der Waals surface area contributed by atoms with Crippen LogP contribution in [0.5, 0.6) is 0 Å². The smallest absolute Gasteiger partial charge is 0.224 e. The molecule has 23 heavy (non-hydrogen) atoms. The molecule has 0 aliphatic heterocycles. The first-order valence-electron chi connectivity index (χ1n) is 7.41. The van der Waals surface area contributed by atoms with E-state index in [-0.39, 0.29) is 5.91 Å². The number of nitrogens with one attached hydrogen (secondary N) is 1. The second-order valence-corrected chi connectivity index (χ2v) is 5.57. The zero-order valence-electron chi connectivity index (χ0n) is 12.5. The highest BCUT2D eigenvalue weighted by Gasteiger charge is 2.09. The van der Waals surface area contributed by atoms with Crippen LogP contribution in [0.15, 0.2) is 71.1 Å². The van der Waals surface area contributed by atoms with Crippen molar-refractivity contribution in [2.45, 2.75) is 12.8 Å². The summed E-state index contributed by atoms with van der Waals surface area (Å²) in [5.41, 5.74) is 1.66. The Morgan fingerprint density at radius 1 is 0.957 bits per heavy atom. The maximum absolute atomic E-state index is 12.0. The minimum atomic E-state index is -0.0873. The lowest BCUT2D eigenvalue weighted by Crippen LogP contribution is -2.12. The maximum Gasteiger partial charge on any atom is 0.224 e. The number of amides is 1. The van der Waals surface area contributed by atoms with Gasteiger partial charge in [0.2, 0.25) is 5.91 Å². The van der Waals surface area contributed by atoms with Crippen LogP contribution in [0.2, 0.25) is 5.02 Å². The van der Waals surface area contributed by atoms with Crippen molar-refractivity contribution < 1.29 is 9.21 Å². The van der Waals surface area contributed by atoms with Crippen LogP contribution >= 0.6 is 11.6 Å². The van der Waals surface area contributed by atoms with Crippen LogP contribution in [0.4, 0.5) is 5.69 Å². The molecule has 0 atom stereocenters. The van der Waals surface area contributed by atoms with Crippen molar-refractivity contribution in [1.82, 2.24) is 0 Å². The van der Waals surface area contributed by atoms with Gasteiger partial charge in [0.25, 0.3) is 0 Å². The molecular weight excluding hydrogens is 310 g/mol. The zero-order valence-corrected chi connectivity index (χ0v) is 13.2. The van der Waals surface area contributed by atoms with Crippen molar-refractivity contribution >= 4 is 23.2 Å². The van der Waals surface area contributed by atoms with E-state index in [9.17, 15) is 4.79 Å². The molecule has 1 amide bonds. The van der Waals surface area contributed by atoms with Crippen LogP contribution < -0.4 is 5.32 Å². The van der Waals surface area contributed by atoms with E-state index in [1.54, 1.807) is 12.1 Å². The number of para-hydroxylation sites is 1. The molecule has 0 unspecified atom stereocenters. The van der Waals surface area contributed by atoms with Gasteiger partial charge < -0.3 is 9.73 Å². The third kappa shape index (κ3) is 4.02. The highest BCUT2D eigenvalue weighted by Crippen LogP contribution is 2.23. The molecule has 116 valence electrons. The molecule has 0 aliphatic rings. The Morgan fingerprint density at radius 3 is 2.48 bits per heavy atom. The number of halogens is 1. The molecule has 3 aromatic rings. The Bertz CT molecular complexity index is 796. The SMILES string of the molecule is O=C(CCc1ccc(-c2ccccc2)o1)Nc1ccccc1Cl. The quantitative estimate of drug-likeness (QED) is 0.703. The van der Waals surface area contributed by atoms with Gasteiger partial charge in [-0.1, -0.05) is 54.1 Å². The second kappa shape index (κ2) is 7.16. The molecule has 3 nitrogen and oxygen atoms in total. The molecule has 1 heterocycles. The Labute approximate surface area is 139 Å². The van der Waals surface area contributed by atoms with Gasteiger partial charge in [-0.3, -0.25) is 4.79 Å². The van der Waals surface area contributed by atoms with Gasteiger partial charge in [0.15, 0.2) is 0 Å². The van der Waals surface area contributed by atoms with Crippen LogP contribution in [-0.2, 0) is 11.2 Å². The Kier molecular flexibility index (Phi) is 4.79. The zero-order chi connectivity index (χ0) is 16.1. The molecule has 0 fully saturated rings. The van der Waals surface area contributed by atoms with E-state index in [2.05, 4.69) is 5.32 Å². The molecule has 0 radical (unpaired) electrons. The Morgan fingerprint density at radius 2 is 1.70 bits per heavy atom. The van der Waals surface area contributed by atoms with Crippen LogP contribution in [0.1, 0.15) is 12.2 Å². The van der Waals surface area contributed by atoms with Crippen molar-refractivity contribution in [3.63, 3.8) is 0 Å². The fourth-order valence-electron chi connectivity index (χ4n) is 2.28. The van der Waals surface area contributed by atoms with Gasteiger partial charge in [0.05, 0.1) is 10.7 Å². The number of benzene rings is 2. The molecule has 1 N–H and O–H groups in total. The van der Waals surface area contributed by atoms with Gasteiger partial charge in [-0.25, -0.2) is 0 Å². The van der Waals surface area contributed by atoms with Crippen molar-refractivity contribution in [3.05, 3.63) is 77.5 Å². The molecule has 1 aromatic heterocycles. The molecule has 0 saturated carbocycles. The number of carbonyl (C=O) groups excluding carboxylic acids is 1. The molecule has 0 saturated heterocycles. The van der Waals surface area contributed by atoms with Gasteiger partial charge in [0, 0.05) is 18.4 Å². The number of hydrogen-bond donors (Lipinski definition) is 1. The highest BCUT2D eigenvalue weighted by atomic mass is 35.5. The number of aryl methyl sites for hydroxylation is 1. The minimum absolute atomic E-state index is 0.0873. The lowest BCUT2D eigenvalue weighted by Gasteiger charge is -2.06. The third-order valence-electron chi connectivity index (χ3n) is 3.47. The normalized spacial score (nSPS) is 10.5. The molecule has 0 bridgehead atoms. The lowest BCUT2D eigenvalue weighted by atomic mass is 10.2. The van der Waals surface area contributed by atoms with E-state index in [1.807, 2.05) is 54.6 Å². The molecule has 3 rings (SSSR count). The number of anilines is 1. The van der Waals surface area contributed by atoms with Crippen molar-refractivity contribution in [2.24, 2.45) is 0 Å². The van der Waals surface area contributed by atoms with Crippen molar-refractivity contribution in [2.75, 3.05) is 5.32 Å². The lowest BCUT2D eigenvalue weighted by molar-refractivity contribution is -0.116. The third-order valence-corrected chi connectivity index (χ3v) is 3.80. The van der Waals surface area contributed by atoms with Gasteiger partial charge in [-0.15, -0.1) is 0 Å². The first-order chi connectivity index (χ1) is 11.2. The number of carbonyl (C=O) groups is 1. The first kappa shape index (κ1) is 15.4. The number of rotatable bonds is 5. The summed E-state index contributed by atoms with van der Waals surface area (Å²) in [6, 6.07) is 20.9. The fraction of sp³-hybridized carbons (Fsp3) is 0.105. The van der Waals surface area contributed by atoms with E-state index in [0.29, 0.717) is 23.6 Å². The Hall–Kier alpha value is -2.52. The van der Waals surface area contributed by atoms with Gasteiger partial charge in [0.1, 0.15) is 11.5 Å². The second-order valence-electron chi connectivity index (χ2n) is 5.16. The van der Waals surface area contributed by atoms with Crippen molar-refractivity contribution in [3.8, 4) is 11.3 Å². The standard InChI is InChI=1S/C19H16ClNO2/c20-16-8-4-5-9-17(16)21-19(22)13-11-15-10-12-18(23-15)14-6-2-1-3-7-14/h1-10,12H,11,13H2,(H,21,22). The monoisotopic (exact) mass is 325 g/mol. The summed E-state index contributed by atoms with van der Waals surface area (Å²) in [4.78, 5) is 12.0. The average molecular weight is 326 g/mol. The summed E-state index contributed by atoms with van der Waals surface area (Å²) in [7, 11) is 0. The van der Waals surface area contributed by atoms with E-state index < -0.39 is 0 Å². The first-order valence-corrected chi connectivity index (χ1v) is 7.79. The predicted molar refractivity (Wildman–Crippen MR) is 92.5 cm³/mol. The molecule has 0 aliphatic carbocycles. The van der Waals surface area contributed by atoms with Gasteiger partial charge in [-0.05, 0) is 24.3 Å². The highest BCUT2D eigenvalue weighted by molar-refractivity contribution is 6.33. The summed E-state index contributed by atoms with van der Waals surface area (Å²) in [5.74, 6) is 1.51. The molecule has 0 spiro atoms. The van der Waals surface area contributed by atoms with Crippen molar-refractivity contribution in [1.29, 1.82) is 0 Å². The molecule has 2 aromatic carbocycles. The Balaban J connectivity index is 1.58. The predicted octanol–water partition coefficient (Wildman–Crippen LogP) is 5.17. The summed E-state index contributed by atoms with van der Waals surface area (Å²) < 4.78 is 5.79. The van der Waals surface area contributed by atoms with E-state index in [4.69, 9.17) is 16.0 Å². The van der Waals surface area contributed by atoms with E-state index >= 15 is 0 Å². The fourth-order valence-corrected chi connectivity index (χ4v) is 2.46. The number of hydrogen-bond acceptors (Lipinski definition) is 2. The topological polar surface area (TPSA) is 42.2 Å². The summed E-state index contributed by atoms with van der Waals surface area (Å²) in [6.45, 7) is 0. The van der Waals surface area contributed by atoms with E-state index in [0.717, 1.165) is 17.1 Å². The average Bonchev–Trinajstić information content (AvgIpc) is 3.05. The summed E-state index contributed by atoms with van der Waals surface area (Å²) >= 11 is 6.02. The van der Waals surface area contributed by atoms with E-state index in [1.165, 1.54) is 0 Å². The van der Waals surface area contributed by atoms with Gasteiger partial charge in [-0.2, -0.15) is 0 Å². The van der Waals surface area contributed by atoms with Crippen LogP contribution in [0.25, 0.3) is 11.3 Å². The summed E-state index contributed by atoms with van der Waals surface area (Å²) in [6.07, 6.45) is 0.885. The minimum Gasteiger partial charge on any atom is -0.461 e. The number of furan rings is 1.